The maximum atomic E-state index is 11.2. The van der Waals surface area contributed by atoms with E-state index in [4.69, 9.17) is 4.74 Å². The summed E-state index contributed by atoms with van der Waals surface area (Å²) in [5, 5.41) is 12.4. The molecule has 4 rings (SSSR count). The Kier molecular flexibility index (Phi) is 9.17. The molecule has 0 aromatic heterocycles. The molecule has 2 aromatic carbocycles. The van der Waals surface area contributed by atoms with Crippen LogP contribution in [0.3, 0.4) is 0 Å². The highest BCUT2D eigenvalue weighted by atomic mass is 79.9. The van der Waals surface area contributed by atoms with Gasteiger partial charge in [-0.25, -0.2) is 4.79 Å². The SMILES string of the molecule is C.C.C=C1OC(=O)C=C1c1ccc(Br)cc1.CC1(O)NC(=O)C=C1c1ccc(Br)cc1. The lowest BCUT2D eigenvalue weighted by Crippen LogP contribution is -2.40. The molecule has 0 bridgehead atoms. The molecule has 0 saturated carbocycles. The summed E-state index contributed by atoms with van der Waals surface area (Å²) in [7, 11) is 0. The summed E-state index contributed by atoms with van der Waals surface area (Å²) in [4.78, 5) is 22.1. The average molecular weight is 551 g/mol. The van der Waals surface area contributed by atoms with Gasteiger partial charge in [-0.15, -0.1) is 0 Å². The monoisotopic (exact) mass is 549 g/mol. The van der Waals surface area contributed by atoms with Crippen LogP contribution in [-0.2, 0) is 14.3 Å². The van der Waals surface area contributed by atoms with Gasteiger partial charge < -0.3 is 15.2 Å². The van der Waals surface area contributed by atoms with Crippen molar-refractivity contribution in [3.8, 4) is 0 Å². The molecule has 1 atom stereocenters. The normalized spacial score (nSPS) is 19.0. The van der Waals surface area contributed by atoms with Crippen molar-refractivity contribution in [3.05, 3.63) is 93.1 Å². The molecule has 1 amide bonds. The summed E-state index contributed by atoms with van der Waals surface area (Å²) in [5.41, 5.74) is 1.85. The summed E-state index contributed by atoms with van der Waals surface area (Å²) in [6.07, 6.45) is 2.87. The Morgan fingerprint density at radius 3 is 1.77 bits per heavy atom. The summed E-state index contributed by atoms with van der Waals surface area (Å²) in [5.74, 6) is -0.205. The third kappa shape index (κ3) is 6.50. The Labute approximate surface area is 199 Å². The molecule has 2 aliphatic rings. The molecule has 2 aromatic rings. The van der Waals surface area contributed by atoms with Crippen molar-refractivity contribution in [2.75, 3.05) is 0 Å². The molecule has 5 nitrogen and oxygen atoms in total. The van der Waals surface area contributed by atoms with Crippen molar-refractivity contribution in [1.82, 2.24) is 5.32 Å². The lowest BCUT2D eigenvalue weighted by atomic mass is 9.99. The fourth-order valence-corrected chi connectivity index (χ4v) is 3.42. The second-order valence-corrected chi connectivity index (χ2v) is 8.37. The maximum Gasteiger partial charge on any atom is 0.336 e. The number of esters is 1. The van der Waals surface area contributed by atoms with Gasteiger partial charge in [-0.3, -0.25) is 4.79 Å². The fourth-order valence-electron chi connectivity index (χ4n) is 2.89. The first-order valence-corrected chi connectivity index (χ1v) is 10.2. The van der Waals surface area contributed by atoms with Crippen molar-refractivity contribution in [2.45, 2.75) is 27.5 Å². The zero-order valence-corrected chi connectivity index (χ0v) is 18.6. The molecule has 1 unspecified atom stereocenters. The van der Waals surface area contributed by atoms with Gasteiger partial charge in [0.25, 0.3) is 0 Å². The number of halogens is 2. The first-order chi connectivity index (χ1) is 13.7. The molecule has 0 radical (unpaired) electrons. The van der Waals surface area contributed by atoms with Crippen LogP contribution in [0.25, 0.3) is 11.1 Å². The molecular formula is C24H25Br2NO4. The van der Waals surface area contributed by atoms with Crippen molar-refractivity contribution in [3.63, 3.8) is 0 Å². The minimum Gasteiger partial charge on any atom is -0.423 e. The van der Waals surface area contributed by atoms with E-state index < -0.39 is 5.72 Å². The lowest BCUT2D eigenvalue weighted by Gasteiger charge is -2.21. The van der Waals surface area contributed by atoms with E-state index in [1.54, 1.807) is 6.92 Å². The van der Waals surface area contributed by atoms with E-state index in [1.165, 1.54) is 12.2 Å². The van der Waals surface area contributed by atoms with Gasteiger partial charge in [-0.05, 0) is 42.3 Å². The predicted octanol–water partition coefficient (Wildman–Crippen LogP) is 5.85. The van der Waals surface area contributed by atoms with Gasteiger partial charge in [0.2, 0.25) is 5.91 Å². The van der Waals surface area contributed by atoms with Crippen LogP contribution in [0, 0.1) is 0 Å². The molecule has 2 N–H and O–H groups in total. The molecule has 0 saturated heterocycles. The summed E-state index contributed by atoms with van der Waals surface area (Å²) in [6.45, 7) is 5.22. The fraction of sp³-hybridized carbons (Fsp3) is 0.167. The zero-order chi connectivity index (χ0) is 21.2. The van der Waals surface area contributed by atoms with Crippen molar-refractivity contribution >= 4 is 54.9 Å². The molecule has 0 fully saturated rings. The number of carbonyl (C=O) groups excluding carboxylic acids is 2. The van der Waals surface area contributed by atoms with Crippen molar-refractivity contribution < 1.29 is 19.4 Å². The molecular weight excluding hydrogens is 526 g/mol. The first-order valence-electron chi connectivity index (χ1n) is 8.57. The molecule has 2 heterocycles. The minimum atomic E-state index is -1.27. The van der Waals surface area contributed by atoms with Gasteiger partial charge in [0, 0.05) is 32.2 Å². The van der Waals surface area contributed by atoms with E-state index in [0.717, 1.165) is 25.6 Å². The van der Waals surface area contributed by atoms with Crippen LogP contribution in [0.15, 0.2) is 82.0 Å². The van der Waals surface area contributed by atoms with E-state index in [1.807, 2.05) is 48.5 Å². The van der Waals surface area contributed by atoms with Crippen molar-refractivity contribution in [1.29, 1.82) is 0 Å². The Bertz CT molecular complexity index is 1040. The van der Waals surface area contributed by atoms with Crippen LogP contribution in [0.5, 0.6) is 0 Å². The second kappa shape index (κ2) is 10.7. The Morgan fingerprint density at radius 1 is 0.903 bits per heavy atom. The Hall–Kier alpha value is -2.48. The number of carbonyl (C=O) groups is 2. The van der Waals surface area contributed by atoms with E-state index in [0.29, 0.717) is 11.3 Å². The Morgan fingerprint density at radius 2 is 1.39 bits per heavy atom. The second-order valence-electron chi connectivity index (χ2n) is 6.54. The van der Waals surface area contributed by atoms with Gasteiger partial charge in [-0.1, -0.05) is 77.6 Å². The summed E-state index contributed by atoms with van der Waals surface area (Å²) in [6, 6.07) is 15.1. The number of hydrogen-bond acceptors (Lipinski definition) is 4. The number of hydrogen-bond donors (Lipinski definition) is 2. The zero-order valence-electron chi connectivity index (χ0n) is 15.4. The third-order valence-corrected chi connectivity index (χ3v) is 5.32. The minimum absolute atomic E-state index is 0. The number of allylic oxidation sites excluding steroid dienone is 1. The van der Waals surface area contributed by atoms with Gasteiger partial charge >= 0.3 is 5.97 Å². The van der Waals surface area contributed by atoms with Crippen LogP contribution in [-0.4, -0.2) is 22.7 Å². The Balaban J connectivity index is 0.000000292. The van der Waals surface area contributed by atoms with Crippen LogP contribution in [0.2, 0.25) is 0 Å². The highest BCUT2D eigenvalue weighted by molar-refractivity contribution is 9.10. The number of ether oxygens (including phenoxy) is 1. The first kappa shape index (κ1) is 26.6. The van der Waals surface area contributed by atoms with Crippen molar-refractivity contribution in [2.24, 2.45) is 0 Å². The number of nitrogens with one attached hydrogen (secondary N) is 1. The van der Waals surface area contributed by atoms with E-state index in [2.05, 4.69) is 43.8 Å². The number of aliphatic hydroxyl groups is 1. The van der Waals surface area contributed by atoms with E-state index in [-0.39, 0.29) is 26.7 Å². The number of rotatable bonds is 2. The van der Waals surface area contributed by atoms with Crippen LogP contribution < -0.4 is 5.32 Å². The molecule has 164 valence electrons. The molecule has 2 aliphatic heterocycles. The van der Waals surface area contributed by atoms with E-state index in [9.17, 15) is 14.7 Å². The van der Waals surface area contributed by atoms with Crippen LogP contribution in [0.1, 0.15) is 32.9 Å². The maximum absolute atomic E-state index is 11.2. The summed E-state index contributed by atoms with van der Waals surface area (Å²) >= 11 is 6.67. The van der Waals surface area contributed by atoms with Crippen LogP contribution in [0.4, 0.5) is 0 Å². The van der Waals surface area contributed by atoms with Gasteiger partial charge in [-0.2, -0.15) is 0 Å². The predicted molar refractivity (Wildman–Crippen MR) is 132 cm³/mol. The number of amides is 1. The molecule has 0 spiro atoms. The smallest absolute Gasteiger partial charge is 0.336 e. The number of benzene rings is 2. The third-order valence-electron chi connectivity index (χ3n) is 4.26. The quantitative estimate of drug-likeness (QED) is 0.460. The standard InChI is InChI=1S/C11H10BrNO2.C11H7BrO2.2CH4/c1-11(15)9(6-10(14)13-11)7-2-4-8(12)5-3-7;1-7-10(6-11(13)14-7)8-2-4-9(12)5-3-8;;/h2-6,15H,1H3,(H,13,14);2-6H,1H2;2*1H4. The topological polar surface area (TPSA) is 75.6 Å². The van der Waals surface area contributed by atoms with Gasteiger partial charge in [0.1, 0.15) is 5.76 Å². The van der Waals surface area contributed by atoms with Gasteiger partial charge in [0.15, 0.2) is 5.72 Å². The molecule has 0 aliphatic carbocycles. The lowest BCUT2D eigenvalue weighted by molar-refractivity contribution is -0.132. The molecule has 7 heteroatoms. The number of cyclic esters (lactones) is 1. The summed E-state index contributed by atoms with van der Waals surface area (Å²) < 4.78 is 6.78. The van der Waals surface area contributed by atoms with E-state index >= 15 is 0 Å². The average Bonchev–Trinajstić information content (AvgIpc) is 3.13. The highest BCUT2D eigenvalue weighted by Crippen LogP contribution is 2.30. The highest BCUT2D eigenvalue weighted by Gasteiger charge is 2.34. The van der Waals surface area contributed by atoms with Gasteiger partial charge in [0.05, 0.1) is 0 Å². The largest absolute Gasteiger partial charge is 0.423 e. The van der Waals surface area contributed by atoms with Crippen LogP contribution >= 0.6 is 31.9 Å². The molecule has 31 heavy (non-hydrogen) atoms.